The first kappa shape index (κ1) is 37.4. The maximum atomic E-state index is 9.49. The molecule has 3 aliphatic heterocycles. The monoisotopic (exact) mass is 597 g/mol. The molecule has 236 valence electrons. The zero-order chi connectivity index (χ0) is 28.9. The first-order chi connectivity index (χ1) is 18.7. The van der Waals surface area contributed by atoms with Crippen LogP contribution in [0, 0.1) is 0 Å². The van der Waals surface area contributed by atoms with Gasteiger partial charge in [0.2, 0.25) is 0 Å². The Labute approximate surface area is 248 Å². The Hall–Kier alpha value is 0.420. The minimum atomic E-state index is -1.75. The molecule has 0 aromatic heterocycles. The van der Waals surface area contributed by atoms with E-state index >= 15 is 0 Å². The molecule has 0 aliphatic carbocycles. The molecule has 39 heavy (non-hydrogen) atoms. The van der Waals surface area contributed by atoms with E-state index in [9.17, 15) is 5.11 Å². The number of nitrogens with zero attached hydrogens (tertiary/aromatic N) is 1. The number of rotatable bonds is 23. The van der Waals surface area contributed by atoms with Gasteiger partial charge in [0.1, 0.15) is 0 Å². The predicted octanol–water partition coefficient (Wildman–Crippen LogP) is 7.48. The third-order valence-corrected chi connectivity index (χ3v) is 10.00. The molecular formula is C30H65N2O5S2+. The number of nitrogens with one attached hydrogen (secondary N) is 1. The zero-order valence-corrected chi connectivity index (χ0v) is 27.9. The maximum Gasteiger partial charge on any atom is 0.0932 e. The molecule has 0 aromatic rings. The molecule has 3 fully saturated rings. The molecule has 7 nitrogen and oxygen atoms in total. The lowest BCUT2D eigenvalue weighted by atomic mass is 10.0. The van der Waals surface area contributed by atoms with Crippen LogP contribution in [0.1, 0.15) is 117 Å². The van der Waals surface area contributed by atoms with Crippen molar-refractivity contribution in [1.29, 1.82) is 0 Å². The first-order valence-electron chi connectivity index (χ1n) is 15.9. The predicted molar refractivity (Wildman–Crippen MR) is 170 cm³/mol. The molecule has 0 amide bonds. The maximum absolute atomic E-state index is 9.49. The summed E-state index contributed by atoms with van der Waals surface area (Å²) in [5.41, 5.74) is -0.355. The van der Waals surface area contributed by atoms with E-state index in [0.29, 0.717) is 38.4 Å². The highest BCUT2D eigenvalue weighted by atomic mass is 32.3. The Morgan fingerprint density at radius 1 is 0.744 bits per heavy atom. The number of hydrogen-bond acceptors (Lipinski definition) is 7. The summed E-state index contributed by atoms with van der Waals surface area (Å²) in [5, 5.41) is 12.7. The topological polar surface area (TPSA) is 80.2 Å². The number of aliphatic hydroxyl groups excluding tert-OH is 1. The third kappa shape index (κ3) is 18.5. The average Bonchev–Trinajstić information content (AvgIpc) is 2.91. The Bertz CT molecular complexity index is 561. The van der Waals surface area contributed by atoms with Crippen LogP contribution in [0.25, 0.3) is 0 Å². The number of aliphatic hydroxyl groups is 1. The second kappa shape index (κ2) is 22.0. The van der Waals surface area contributed by atoms with E-state index in [4.69, 9.17) is 17.1 Å². The van der Waals surface area contributed by atoms with Crippen LogP contribution >= 0.6 is 22.9 Å². The van der Waals surface area contributed by atoms with Crippen molar-refractivity contribution in [2.45, 2.75) is 128 Å². The highest BCUT2D eigenvalue weighted by Crippen LogP contribution is 2.55. The van der Waals surface area contributed by atoms with E-state index in [2.05, 4.69) is 33.3 Å². The molecule has 1 unspecified atom stereocenters. The number of β-amino-alcohol motifs (C(OH)–C–C–N with tert-alkyl or cyclic N) is 1. The van der Waals surface area contributed by atoms with Crippen molar-refractivity contribution in [2.24, 2.45) is 0 Å². The minimum absolute atomic E-state index is 0.286. The molecule has 1 atom stereocenters. The molecule has 0 aromatic carbocycles. The van der Waals surface area contributed by atoms with Gasteiger partial charge in [0.05, 0.1) is 69.5 Å². The average molecular weight is 598 g/mol. The summed E-state index contributed by atoms with van der Waals surface area (Å²) in [6, 6.07) is 0. The van der Waals surface area contributed by atoms with E-state index in [-0.39, 0.29) is 11.3 Å². The molecule has 0 spiro atoms. The van der Waals surface area contributed by atoms with Gasteiger partial charge in [-0.05, 0) is 31.3 Å². The first-order valence-corrected chi connectivity index (χ1v) is 18.7. The van der Waals surface area contributed by atoms with Crippen molar-refractivity contribution in [2.75, 3.05) is 65.6 Å². The number of quaternary nitrogens is 1. The minimum Gasteiger partial charge on any atom is -0.391 e. The zero-order valence-electron chi connectivity index (χ0n) is 26.2. The van der Waals surface area contributed by atoms with Gasteiger partial charge in [-0.25, -0.2) is 0 Å². The van der Waals surface area contributed by atoms with Crippen molar-refractivity contribution in [3.05, 3.63) is 0 Å². The summed E-state index contributed by atoms with van der Waals surface area (Å²) < 4.78 is 26.3. The van der Waals surface area contributed by atoms with E-state index in [0.717, 1.165) is 0 Å². The fraction of sp³-hybridized carbons (Fsp3) is 1.00. The summed E-state index contributed by atoms with van der Waals surface area (Å²) in [6.45, 7) is 9.30. The Balaban J connectivity index is 0.000000412. The van der Waals surface area contributed by atoms with E-state index in [1.165, 1.54) is 120 Å². The van der Waals surface area contributed by atoms with Crippen molar-refractivity contribution >= 4 is 22.9 Å². The summed E-state index contributed by atoms with van der Waals surface area (Å²) >= 11 is 0.632. The van der Waals surface area contributed by atoms with Crippen molar-refractivity contribution in [3.8, 4) is 0 Å². The molecule has 3 aliphatic rings. The smallest absolute Gasteiger partial charge is 0.0932 e. The molecule has 3 N–H and O–H groups in total. The highest BCUT2D eigenvalue weighted by Gasteiger charge is 2.47. The largest absolute Gasteiger partial charge is 0.391 e. The molecule has 9 heteroatoms. The van der Waals surface area contributed by atoms with Gasteiger partial charge in [0.25, 0.3) is 0 Å². The van der Waals surface area contributed by atoms with Crippen LogP contribution in [0.15, 0.2) is 0 Å². The summed E-state index contributed by atoms with van der Waals surface area (Å²) in [6.07, 6.45) is 24.5. The SMILES string of the molecule is CCCCCCCCCCCCCCCCC[N+](C)(C)CCC.CS12OCC(NCC(O)CSO)(CO1)CO2. The fourth-order valence-corrected chi connectivity index (χ4v) is 6.96. The van der Waals surface area contributed by atoms with Crippen LogP contribution in [0.5, 0.6) is 0 Å². The van der Waals surface area contributed by atoms with Gasteiger partial charge in [-0.2, -0.15) is 0 Å². The molecule has 0 saturated carbocycles. The van der Waals surface area contributed by atoms with E-state index in [1.54, 1.807) is 0 Å². The summed E-state index contributed by atoms with van der Waals surface area (Å²) in [7, 11) is 3.02. The molecular weight excluding hydrogens is 532 g/mol. The quantitative estimate of drug-likeness (QED) is 0.0640. The Morgan fingerprint density at radius 3 is 1.59 bits per heavy atom. The lowest BCUT2D eigenvalue weighted by molar-refractivity contribution is -0.890. The van der Waals surface area contributed by atoms with Crippen molar-refractivity contribution in [3.63, 3.8) is 0 Å². The molecule has 2 bridgehead atoms. The van der Waals surface area contributed by atoms with E-state index in [1.807, 2.05) is 6.26 Å². The van der Waals surface area contributed by atoms with E-state index < -0.39 is 17.0 Å². The van der Waals surface area contributed by atoms with Crippen molar-refractivity contribution in [1.82, 2.24) is 5.32 Å². The Kier molecular flexibility index (Phi) is 21.1. The summed E-state index contributed by atoms with van der Waals surface area (Å²) in [4.78, 5) is 0. The van der Waals surface area contributed by atoms with Gasteiger partial charge in [0.15, 0.2) is 0 Å². The van der Waals surface area contributed by atoms with Gasteiger partial charge in [0, 0.05) is 18.6 Å². The lowest BCUT2D eigenvalue weighted by Crippen LogP contribution is -2.63. The van der Waals surface area contributed by atoms with Gasteiger partial charge in [-0.15, -0.1) is 0 Å². The number of fused-ring (bicyclic) bond motifs is 3. The van der Waals surface area contributed by atoms with Crippen LogP contribution in [-0.4, -0.2) is 91.3 Å². The van der Waals surface area contributed by atoms with Crippen LogP contribution in [0.4, 0.5) is 0 Å². The van der Waals surface area contributed by atoms with Gasteiger partial charge >= 0.3 is 0 Å². The standard InChI is InChI=1S/C22H48N.C8H17NO5S2/c1-5-7-8-9-10-11-12-13-14-15-16-17-18-19-20-22-23(3,4)21-6-2;1-16-12-4-8(5-13-16,6-14-16)9-2-7(10)3-15-11/h5-22H2,1-4H3;7,9-11H,2-6H2,1H3/q+1;. The molecule has 3 heterocycles. The number of unbranched alkanes of at least 4 members (excludes halogenated alkanes) is 14. The normalized spacial score (nSPS) is 25.1. The van der Waals surface area contributed by atoms with Gasteiger partial charge in [-0.1, -0.05) is 97.3 Å². The van der Waals surface area contributed by atoms with Crippen LogP contribution in [-0.2, 0) is 12.5 Å². The van der Waals surface area contributed by atoms with Crippen molar-refractivity contribution < 1.29 is 26.7 Å². The highest BCUT2D eigenvalue weighted by molar-refractivity contribution is 8.21. The lowest BCUT2D eigenvalue weighted by Gasteiger charge is -2.52. The van der Waals surface area contributed by atoms with Crippen LogP contribution < -0.4 is 5.32 Å². The van der Waals surface area contributed by atoms with Gasteiger partial charge in [-0.3, -0.25) is 12.5 Å². The van der Waals surface area contributed by atoms with Gasteiger partial charge < -0.3 is 19.5 Å². The summed E-state index contributed by atoms with van der Waals surface area (Å²) in [5.74, 6) is 0.286. The molecule has 3 saturated heterocycles. The number of hydrogen-bond donors (Lipinski definition) is 3. The third-order valence-electron chi connectivity index (χ3n) is 7.82. The second-order valence-corrected chi connectivity index (χ2v) is 15.1. The molecule has 0 radical (unpaired) electrons. The van der Waals surface area contributed by atoms with Crippen LogP contribution in [0.2, 0.25) is 0 Å². The fourth-order valence-electron chi connectivity index (χ4n) is 5.15. The molecule has 3 rings (SSSR count). The second-order valence-electron chi connectivity index (χ2n) is 12.4. The Morgan fingerprint density at radius 2 is 1.18 bits per heavy atom. The van der Waals surface area contributed by atoms with Crippen LogP contribution in [0.3, 0.4) is 0 Å².